The van der Waals surface area contributed by atoms with Gasteiger partial charge in [0.05, 0.1) is 11.4 Å². The predicted octanol–water partition coefficient (Wildman–Crippen LogP) is 9.47. The summed E-state index contributed by atoms with van der Waals surface area (Å²) in [6, 6.07) is 18.7. The van der Waals surface area contributed by atoms with E-state index in [1.165, 1.54) is 12.1 Å². The fourth-order valence-electron chi connectivity index (χ4n) is 4.96. The van der Waals surface area contributed by atoms with Crippen LogP contribution in [0.1, 0.15) is 11.1 Å². The van der Waals surface area contributed by atoms with E-state index in [0.29, 0.717) is 11.1 Å². The SMILES string of the molecule is FC1(F)c2c(c3c(-c4ccccc4)nc(Br)cc3c3cc(Br)nc(-c4ccccc4)c23)C(F)(F)C1(F)F. The van der Waals surface area contributed by atoms with Crippen molar-refractivity contribution in [2.45, 2.75) is 17.8 Å². The first-order valence-corrected chi connectivity index (χ1v) is 12.5. The molecule has 37 heavy (non-hydrogen) atoms. The van der Waals surface area contributed by atoms with Gasteiger partial charge in [-0.2, -0.15) is 26.3 Å². The maximum atomic E-state index is 15.6. The van der Waals surface area contributed by atoms with Gasteiger partial charge in [0.25, 0.3) is 0 Å². The molecule has 0 saturated carbocycles. The van der Waals surface area contributed by atoms with Crippen molar-refractivity contribution in [3.8, 4) is 22.5 Å². The van der Waals surface area contributed by atoms with Crippen LogP contribution >= 0.6 is 31.9 Å². The van der Waals surface area contributed by atoms with E-state index in [4.69, 9.17) is 0 Å². The first-order chi connectivity index (χ1) is 17.5. The molecule has 0 saturated heterocycles. The Kier molecular flexibility index (Phi) is 5.27. The zero-order valence-electron chi connectivity index (χ0n) is 18.3. The van der Waals surface area contributed by atoms with E-state index in [-0.39, 0.29) is 31.4 Å². The smallest absolute Gasteiger partial charge is 0.240 e. The highest BCUT2D eigenvalue weighted by molar-refractivity contribution is 9.10. The summed E-state index contributed by atoms with van der Waals surface area (Å²) >= 11 is 6.56. The molecule has 0 radical (unpaired) electrons. The molecule has 0 spiro atoms. The number of nitrogens with zero attached hydrogens (tertiary/aromatic N) is 2. The Morgan fingerprint density at radius 3 is 1.24 bits per heavy atom. The van der Waals surface area contributed by atoms with Crippen molar-refractivity contribution in [1.82, 2.24) is 9.97 Å². The lowest BCUT2D eigenvalue weighted by molar-refractivity contribution is -0.301. The fraction of sp³-hybridized carbons (Fsp3) is 0.111. The maximum absolute atomic E-state index is 15.6. The Morgan fingerprint density at radius 1 is 0.541 bits per heavy atom. The number of halogens is 8. The van der Waals surface area contributed by atoms with Crippen LogP contribution in [0.4, 0.5) is 26.3 Å². The van der Waals surface area contributed by atoms with E-state index in [1.807, 2.05) is 0 Å². The molecule has 1 aliphatic carbocycles. The molecule has 0 amide bonds. The van der Waals surface area contributed by atoms with Crippen LogP contribution in [0.5, 0.6) is 0 Å². The largest absolute Gasteiger partial charge is 0.380 e. The van der Waals surface area contributed by atoms with Gasteiger partial charge in [-0.15, -0.1) is 0 Å². The third-order valence-electron chi connectivity index (χ3n) is 6.53. The van der Waals surface area contributed by atoms with Crippen molar-refractivity contribution in [3.63, 3.8) is 0 Å². The monoisotopic (exact) mass is 636 g/mol. The van der Waals surface area contributed by atoms with Crippen LogP contribution in [-0.2, 0) is 11.8 Å². The number of hydrogen-bond donors (Lipinski definition) is 0. The Bertz CT molecular complexity index is 1600. The van der Waals surface area contributed by atoms with Gasteiger partial charge in [0.2, 0.25) is 0 Å². The van der Waals surface area contributed by atoms with Crippen LogP contribution < -0.4 is 0 Å². The molecule has 0 atom stereocenters. The number of alkyl halides is 6. The zero-order chi connectivity index (χ0) is 26.3. The van der Waals surface area contributed by atoms with Crippen LogP contribution in [0.25, 0.3) is 44.1 Å². The maximum Gasteiger partial charge on any atom is 0.380 e. The highest BCUT2D eigenvalue weighted by atomic mass is 79.9. The summed E-state index contributed by atoms with van der Waals surface area (Å²) in [6.07, 6.45) is 0. The number of rotatable bonds is 2. The number of fused-ring (bicyclic) bond motifs is 6. The predicted molar refractivity (Wildman–Crippen MR) is 136 cm³/mol. The Balaban J connectivity index is 1.96. The average molecular weight is 638 g/mol. The van der Waals surface area contributed by atoms with Gasteiger partial charge < -0.3 is 0 Å². The molecular weight excluding hydrogens is 626 g/mol. The summed E-state index contributed by atoms with van der Waals surface area (Å²) in [5.74, 6) is -16.1. The number of pyridine rings is 2. The van der Waals surface area contributed by atoms with Gasteiger partial charge in [0.15, 0.2) is 0 Å². The van der Waals surface area contributed by atoms with Gasteiger partial charge in [-0.1, -0.05) is 60.7 Å². The van der Waals surface area contributed by atoms with Crippen molar-refractivity contribution in [3.05, 3.63) is 93.1 Å². The minimum absolute atomic E-state index is 0.0583. The van der Waals surface area contributed by atoms with E-state index in [2.05, 4.69) is 41.8 Å². The van der Waals surface area contributed by atoms with Crippen LogP contribution in [-0.4, -0.2) is 15.9 Å². The van der Waals surface area contributed by atoms with E-state index in [0.717, 1.165) is 0 Å². The molecule has 2 aromatic heterocycles. The van der Waals surface area contributed by atoms with Gasteiger partial charge >= 0.3 is 17.8 Å². The van der Waals surface area contributed by atoms with Gasteiger partial charge in [-0.05, 0) is 54.8 Å². The van der Waals surface area contributed by atoms with Gasteiger partial charge in [-0.25, -0.2) is 9.97 Å². The lowest BCUT2D eigenvalue weighted by Crippen LogP contribution is -2.43. The summed E-state index contributed by atoms with van der Waals surface area (Å²) in [4.78, 5) is 8.57. The highest BCUT2D eigenvalue weighted by Crippen LogP contribution is 2.67. The van der Waals surface area contributed by atoms with Crippen LogP contribution in [0.2, 0.25) is 0 Å². The minimum Gasteiger partial charge on any atom is -0.240 e. The highest BCUT2D eigenvalue weighted by Gasteiger charge is 2.80. The zero-order valence-corrected chi connectivity index (χ0v) is 21.5. The quantitative estimate of drug-likeness (QED) is 0.109. The lowest BCUT2D eigenvalue weighted by Gasteiger charge is -2.24. The topological polar surface area (TPSA) is 25.8 Å². The molecule has 0 aliphatic heterocycles. The fourth-order valence-corrected chi connectivity index (χ4v) is 5.77. The lowest BCUT2D eigenvalue weighted by atomic mass is 9.88. The third-order valence-corrected chi connectivity index (χ3v) is 7.34. The Morgan fingerprint density at radius 2 is 0.892 bits per heavy atom. The molecule has 1 aliphatic rings. The molecule has 0 fully saturated rings. The second-order valence-corrected chi connectivity index (χ2v) is 10.3. The third kappa shape index (κ3) is 3.24. The van der Waals surface area contributed by atoms with Gasteiger partial charge in [0, 0.05) is 33.0 Å². The second kappa shape index (κ2) is 8.01. The standard InChI is InChI=1S/C27H12Br2F6N2/c28-17-11-15-16-12-18(29)37-24(14-9-5-2-6-10-14)20(16)22-21(25(30,31)27(34,35)26(22,32)33)19(15)23(36-17)13-7-3-1-4-8-13/h1-12H. The molecule has 6 rings (SSSR count). The summed E-state index contributed by atoms with van der Waals surface area (Å²) in [7, 11) is 0. The summed E-state index contributed by atoms with van der Waals surface area (Å²) in [5, 5.41) is -0.808. The summed E-state index contributed by atoms with van der Waals surface area (Å²) in [6.45, 7) is 0. The summed E-state index contributed by atoms with van der Waals surface area (Å²) in [5.41, 5.74) is -2.51. The molecule has 3 aromatic carbocycles. The van der Waals surface area contributed by atoms with Crippen molar-refractivity contribution >= 4 is 53.4 Å². The van der Waals surface area contributed by atoms with E-state index in [9.17, 15) is 0 Å². The first-order valence-electron chi connectivity index (χ1n) is 10.9. The Hall–Kier alpha value is -2.98. The van der Waals surface area contributed by atoms with Crippen LogP contribution in [0.15, 0.2) is 82.0 Å². The van der Waals surface area contributed by atoms with Crippen LogP contribution in [0, 0.1) is 0 Å². The molecule has 186 valence electrons. The van der Waals surface area contributed by atoms with E-state index >= 15 is 26.3 Å². The summed E-state index contributed by atoms with van der Waals surface area (Å²) < 4.78 is 92.8. The minimum atomic E-state index is -5.69. The normalized spacial score (nSPS) is 17.3. The van der Waals surface area contributed by atoms with Gasteiger partial charge in [-0.3, -0.25) is 0 Å². The molecule has 0 N–H and O–H groups in total. The van der Waals surface area contributed by atoms with Crippen molar-refractivity contribution < 1.29 is 26.3 Å². The molecular formula is C27H12Br2F6N2. The van der Waals surface area contributed by atoms with Crippen LogP contribution in [0.3, 0.4) is 0 Å². The molecule has 2 nitrogen and oxygen atoms in total. The number of hydrogen-bond acceptors (Lipinski definition) is 2. The Labute approximate surface area is 222 Å². The van der Waals surface area contributed by atoms with Gasteiger partial charge in [0.1, 0.15) is 9.21 Å². The first kappa shape index (κ1) is 24.4. The molecule has 2 heterocycles. The number of aromatic nitrogens is 2. The van der Waals surface area contributed by atoms with Crippen molar-refractivity contribution in [2.75, 3.05) is 0 Å². The number of benzene rings is 3. The second-order valence-electron chi connectivity index (χ2n) is 8.64. The molecule has 0 bridgehead atoms. The average Bonchev–Trinajstić information content (AvgIpc) is 2.98. The van der Waals surface area contributed by atoms with Crippen molar-refractivity contribution in [1.29, 1.82) is 0 Å². The van der Waals surface area contributed by atoms with Crippen molar-refractivity contribution in [2.24, 2.45) is 0 Å². The molecule has 0 unspecified atom stereocenters. The van der Waals surface area contributed by atoms with E-state index < -0.39 is 39.7 Å². The molecule has 10 heteroatoms. The van der Waals surface area contributed by atoms with E-state index in [1.54, 1.807) is 60.7 Å². The molecule has 5 aromatic rings.